The number of hydrogen-bond acceptors (Lipinski definition) is 1. The van der Waals surface area contributed by atoms with Crippen molar-refractivity contribution in [3.8, 4) is 22.5 Å². The third-order valence-electron chi connectivity index (χ3n) is 4.73. The number of nitrogens with zero attached hydrogens (tertiary/aromatic N) is 2. The Morgan fingerprint density at radius 1 is 0.593 bits per heavy atom. The fourth-order valence-corrected chi connectivity index (χ4v) is 3.08. The molecular formula is C24H24N2O+2. The quantitative estimate of drug-likeness (QED) is 0.483. The van der Waals surface area contributed by atoms with E-state index in [2.05, 4.69) is 93.6 Å². The van der Waals surface area contributed by atoms with E-state index in [9.17, 15) is 0 Å². The van der Waals surface area contributed by atoms with Crippen molar-refractivity contribution < 1.29 is 14.1 Å². The molecule has 0 bridgehead atoms. The van der Waals surface area contributed by atoms with Gasteiger partial charge in [-0.15, -0.1) is 0 Å². The molecule has 0 saturated heterocycles. The van der Waals surface area contributed by atoms with E-state index in [1.165, 1.54) is 16.7 Å². The van der Waals surface area contributed by atoms with Crippen LogP contribution in [0.4, 0.5) is 0 Å². The van der Waals surface area contributed by atoms with Crippen molar-refractivity contribution >= 4 is 0 Å². The van der Waals surface area contributed by atoms with Crippen LogP contribution in [0.5, 0.6) is 0 Å². The standard InChI is InChI=1S/C24H24N2O/c1-24(2,3)21-11-15-23(16-12-21)26-18-17-25(27-26)22-13-9-20(10-14-22)19-7-5-4-6-8-19/h4-18H,1-3H3/q+2. The zero-order valence-corrected chi connectivity index (χ0v) is 16.0. The molecule has 3 nitrogen and oxygen atoms in total. The van der Waals surface area contributed by atoms with Gasteiger partial charge in [-0.2, -0.15) is 0 Å². The topological polar surface area (TPSA) is 20.9 Å². The van der Waals surface area contributed by atoms with Crippen molar-refractivity contribution in [1.82, 2.24) is 0 Å². The van der Waals surface area contributed by atoms with E-state index in [0.29, 0.717) is 0 Å². The molecule has 1 aromatic heterocycles. The highest BCUT2D eigenvalue weighted by Gasteiger charge is 2.22. The van der Waals surface area contributed by atoms with Crippen LogP contribution in [0.2, 0.25) is 0 Å². The Bertz CT molecular complexity index is 1020. The number of rotatable bonds is 3. The first-order chi connectivity index (χ1) is 13.0. The normalized spacial score (nSPS) is 11.5. The molecule has 3 aromatic carbocycles. The summed E-state index contributed by atoms with van der Waals surface area (Å²) in [5.74, 6) is 0. The fraction of sp³-hybridized carbons (Fsp3) is 0.167. The van der Waals surface area contributed by atoms with Crippen molar-refractivity contribution in [2.24, 2.45) is 0 Å². The highest BCUT2D eigenvalue weighted by Crippen LogP contribution is 2.22. The molecule has 0 radical (unpaired) electrons. The van der Waals surface area contributed by atoms with E-state index in [1.807, 2.05) is 18.5 Å². The number of benzene rings is 3. The van der Waals surface area contributed by atoms with Crippen molar-refractivity contribution in [1.29, 1.82) is 0 Å². The molecule has 0 aliphatic carbocycles. The van der Waals surface area contributed by atoms with Crippen molar-refractivity contribution in [3.05, 3.63) is 96.8 Å². The second-order valence-electron chi connectivity index (χ2n) is 7.74. The average molecular weight is 356 g/mol. The summed E-state index contributed by atoms with van der Waals surface area (Å²) < 4.78 is 9.51. The van der Waals surface area contributed by atoms with Gasteiger partial charge in [-0.1, -0.05) is 63.2 Å². The average Bonchev–Trinajstić information content (AvgIpc) is 3.18. The summed E-state index contributed by atoms with van der Waals surface area (Å²) in [7, 11) is 0. The van der Waals surface area contributed by atoms with E-state index in [0.717, 1.165) is 11.4 Å². The SMILES string of the molecule is CC(C)(C)c1ccc(-[n+]2cc[n+](-c3ccc(-c4ccccc4)cc3)o2)cc1. The number of hydrogen-bond donors (Lipinski definition) is 0. The predicted molar refractivity (Wildman–Crippen MR) is 106 cm³/mol. The van der Waals surface area contributed by atoms with Crippen LogP contribution < -0.4 is 9.48 Å². The van der Waals surface area contributed by atoms with Gasteiger partial charge in [-0.3, -0.25) is 0 Å². The lowest BCUT2D eigenvalue weighted by Gasteiger charge is -2.18. The van der Waals surface area contributed by atoms with Crippen molar-refractivity contribution in [2.45, 2.75) is 26.2 Å². The Labute approximate surface area is 160 Å². The van der Waals surface area contributed by atoms with Crippen LogP contribution in [0.1, 0.15) is 26.3 Å². The van der Waals surface area contributed by atoms with Crippen molar-refractivity contribution in [2.75, 3.05) is 0 Å². The first-order valence-corrected chi connectivity index (χ1v) is 9.22. The van der Waals surface area contributed by atoms with E-state index in [4.69, 9.17) is 4.63 Å². The van der Waals surface area contributed by atoms with E-state index < -0.39 is 0 Å². The third kappa shape index (κ3) is 3.68. The van der Waals surface area contributed by atoms with E-state index >= 15 is 0 Å². The molecule has 0 aliphatic heterocycles. The summed E-state index contributed by atoms with van der Waals surface area (Å²) in [5, 5.41) is 0. The first kappa shape index (κ1) is 17.2. The zero-order chi connectivity index (χ0) is 18.9. The van der Waals surface area contributed by atoms with Crippen LogP contribution in [0.15, 0.2) is 95.9 Å². The monoisotopic (exact) mass is 356 g/mol. The Morgan fingerprint density at radius 2 is 1.07 bits per heavy atom. The first-order valence-electron chi connectivity index (χ1n) is 9.22. The molecular weight excluding hydrogens is 332 g/mol. The van der Waals surface area contributed by atoms with Crippen LogP contribution in [0, 0.1) is 0 Å². The van der Waals surface area contributed by atoms with Gasteiger partial charge < -0.3 is 0 Å². The zero-order valence-electron chi connectivity index (χ0n) is 16.0. The van der Waals surface area contributed by atoms with Gasteiger partial charge in [-0.05, 0) is 34.2 Å². The van der Waals surface area contributed by atoms with Gasteiger partial charge in [0.25, 0.3) is 23.8 Å². The molecule has 3 heteroatoms. The summed E-state index contributed by atoms with van der Waals surface area (Å²) in [6, 6.07) is 27.2. The second kappa shape index (κ2) is 6.84. The highest BCUT2D eigenvalue weighted by atomic mass is 16.6. The predicted octanol–water partition coefficient (Wildman–Crippen LogP) is 4.80. The minimum atomic E-state index is 0.146. The molecule has 0 N–H and O–H groups in total. The summed E-state index contributed by atoms with van der Waals surface area (Å²) in [4.78, 5) is 0. The smallest absolute Gasteiger partial charge is 0.0622 e. The lowest BCUT2D eigenvalue weighted by molar-refractivity contribution is -0.991. The number of aromatic nitrogens is 2. The Hall–Kier alpha value is -3.20. The summed E-state index contributed by atoms with van der Waals surface area (Å²) >= 11 is 0. The maximum absolute atomic E-state index is 5.96. The molecule has 4 rings (SSSR count). The van der Waals surface area contributed by atoms with Crippen LogP contribution in [-0.2, 0) is 5.41 Å². The molecule has 134 valence electrons. The molecule has 1 heterocycles. The van der Waals surface area contributed by atoms with Crippen LogP contribution >= 0.6 is 0 Å². The molecule has 0 unspecified atom stereocenters. The third-order valence-corrected chi connectivity index (χ3v) is 4.73. The summed E-state index contributed by atoms with van der Waals surface area (Å²) in [6.07, 6.45) is 3.85. The second-order valence-corrected chi connectivity index (χ2v) is 7.74. The highest BCUT2D eigenvalue weighted by molar-refractivity contribution is 5.63. The molecule has 0 amide bonds. The Kier molecular flexibility index (Phi) is 4.36. The maximum Gasteiger partial charge on any atom is 0.298 e. The van der Waals surface area contributed by atoms with Gasteiger partial charge in [0.05, 0.1) is 9.48 Å². The van der Waals surface area contributed by atoms with Crippen LogP contribution in [-0.4, -0.2) is 0 Å². The lowest BCUT2D eigenvalue weighted by atomic mass is 9.87. The van der Waals surface area contributed by atoms with Crippen molar-refractivity contribution in [3.63, 3.8) is 0 Å². The van der Waals surface area contributed by atoms with Gasteiger partial charge in [0.15, 0.2) is 0 Å². The molecule has 27 heavy (non-hydrogen) atoms. The minimum absolute atomic E-state index is 0.146. The van der Waals surface area contributed by atoms with Crippen LogP contribution in [0.3, 0.4) is 0 Å². The van der Waals surface area contributed by atoms with E-state index in [1.54, 1.807) is 9.48 Å². The van der Waals surface area contributed by atoms with Crippen LogP contribution in [0.25, 0.3) is 22.5 Å². The Balaban J connectivity index is 1.57. The summed E-state index contributed by atoms with van der Waals surface area (Å²) in [6.45, 7) is 6.65. The molecule has 0 saturated carbocycles. The largest absolute Gasteiger partial charge is 0.298 e. The van der Waals surface area contributed by atoms with Gasteiger partial charge >= 0.3 is 0 Å². The Morgan fingerprint density at radius 3 is 1.59 bits per heavy atom. The molecule has 0 fully saturated rings. The summed E-state index contributed by atoms with van der Waals surface area (Å²) in [5.41, 5.74) is 5.84. The lowest BCUT2D eigenvalue weighted by Crippen LogP contribution is -2.35. The van der Waals surface area contributed by atoms with Gasteiger partial charge in [0, 0.05) is 28.9 Å². The van der Waals surface area contributed by atoms with Gasteiger partial charge in [0.1, 0.15) is 0 Å². The molecule has 0 aliphatic rings. The van der Waals surface area contributed by atoms with Gasteiger partial charge in [-0.25, -0.2) is 0 Å². The molecule has 0 spiro atoms. The van der Waals surface area contributed by atoms with Gasteiger partial charge in [0.2, 0.25) is 0 Å². The minimum Gasteiger partial charge on any atom is -0.0622 e. The molecule has 0 atom stereocenters. The fourth-order valence-electron chi connectivity index (χ4n) is 3.08. The molecule has 4 aromatic rings. The van der Waals surface area contributed by atoms with E-state index in [-0.39, 0.29) is 5.41 Å². The maximum atomic E-state index is 5.96.